The van der Waals surface area contributed by atoms with Gasteiger partial charge in [0.15, 0.2) is 5.78 Å². The molecule has 1 atom stereocenters. The Morgan fingerprint density at radius 3 is 1.82 bits per heavy atom. The second-order valence-corrected chi connectivity index (χ2v) is 13.1. The van der Waals surface area contributed by atoms with E-state index in [0.717, 1.165) is 29.7 Å². The van der Waals surface area contributed by atoms with Crippen LogP contribution in [0, 0.1) is 5.92 Å². The number of nitrogens with one attached hydrogen (secondary N) is 2. The first kappa shape index (κ1) is 31.3. The molecule has 2 N–H and O–H groups in total. The standard InChI is InChI=1S/C16H15NO.C8H14N2O2.C6H13NO2S/c1-11(2)18-17-16-14-9-5-3-7-12(14)13-8-4-6-10-15(13)16;1-5(2)7(11)6-4-10(3)8(12)9-6;1-5(2)7-10(8,9)6-3-4-6/h3-11H,1-2H3;5-6H,4H2,1-3H3,(H,9,12);5-7H,3-4H2,1-2H3/t;6-;/m.0./s1. The minimum atomic E-state index is -2.94. The molecule has 0 bridgehead atoms. The lowest BCUT2D eigenvalue weighted by atomic mass is 10.0. The van der Waals surface area contributed by atoms with E-state index in [-0.39, 0.29) is 41.2 Å². The Morgan fingerprint density at radius 2 is 1.45 bits per heavy atom. The summed E-state index contributed by atoms with van der Waals surface area (Å²) in [6.07, 6.45) is 1.77. The van der Waals surface area contributed by atoms with Gasteiger partial charge in [-0.25, -0.2) is 17.9 Å². The number of hydrogen-bond acceptors (Lipinski definition) is 6. The van der Waals surface area contributed by atoms with E-state index in [2.05, 4.69) is 51.6 Å². The van der Waals surface area contributed by atoms with Gasteiger partial charge in [0.25, 0.3) is 0 Å². The zero-order valence-electron chi connectivity index (χ0n) is 24.5. The maximum Gasteiger partial charge on any atom is 0.317 e. The van der Waals surface area contributed by atoms with Gasteiger partial charge in [-0.15, -0.1) is 0 Å². The molecule has 40 heavy (non-hydrogen) atoms. The summed E-state index contributed by atoms with van der Waals surface area (Å²) in [5.41, 5.74) is 5.71. The number of sulfonamides is 1. The summed E-state index contributed by atoms with van der Waals surface area (Å²) in [4.78, 5) is 29.3. The Hall–Kier alpha value is -3.24. The number of likely N-dealkylation sites (N-methyl/N-ethyl adjacent to an activating group) is 1. The molecule has 2 amide bonds. The molecule has 2 fully saturated rings. The smallest absolute Gasteiger partial charge is 0.317 e. The Labute approximate surface area is 238 Å². The molecule has 9 nitrogen and oxygen atoms in total. The molecule has 1 saturated heterocycles. The van der Waals surface area contributed by atoms with E-state index < -0.39 is 10.0 Å². The van der Waals surface area contributed by atoms with Crippen LogP contribution >= 0.6 is 0 Å². The normalized spacial score (nSPS) is 17.4. The van der Waals surface area contributed by atoms with Crippen LogP contribution in [0.4, 0.5) is 4.79 Å². The van der Waals surface area contributed by atoms with Crippen LogP contribution in [0.5, 0.6) is 0 Å². The number of ketones is 1. The highest BCUT2D eigenvalue weighted by molar-refractivity contribution is 7.90. The van der Waals surface area contributed by atoms with Gasteiger partial charge in [0.2, 0.25) is 10.0 Å². The molecule has 0 radical (unpaired) electrons. The number of fused-ring (bicyclic) bond motifs is 3. The molecule has 2 aliphatic carbocycles. The lowest BCUT2D eigenvalue weighted by Gasteiger charge is -2.10. The molecular weight excluding hydrogens is 528 g/mol. The molecule has 3 aliphatic rings. The van der Waals surface area contributed by atoms with E-state index in [0.29, 0.717) is 6.54 Å². The highest BCUT2D eigenvalue weighted by Gasteiger charge is 2.35. The maximum absolute atomic E-state index is 11.4. The fourth-order valence-electron chi connectivity index (χ4n) is 4.28. The van der Waals surface area contributed by atoms with Crippen LogP contribution in [0.25, 0.3) is 11.1 Å². The van der Waals surface area contributed by atoms with Gasteiger partial charge < -0.3 is 15.1 Å². The van der Waals surface area contributed by atoms with E-state index in [9.17, 15) is 18.0 Å². The first-order valence-corrected chi connectivity index (χ1v) is 15.4. The van der Waals surface area contributed by atoms with E-state index in [1.807, 2.05) is 53.7 Å². The molecule has 0 aromatic heterocycles. The average molecular weight is 571 g/mol. The van der Waals surface area contributed by atoms with Gasteiger partial charge in [-0.3, -0.25) is 4.79 Å². The minimum absolute atomic E-state index is 0.0122. The summed E-state index contributed by atoms with van der Waals surface area (Å²) in [5.74, 6) is 0.0921. The quantitative estimate of drug-likeness (QED) is 0.404. The van der Waals surface area contributed by atoms with E-state index >= 15 is 0 Å². The van der Waals surface area contributed by atoms with Crippen LogP contribution in [0.1, 0.15) is 65.5 Å². The number of carbonyl (C=O) groups is 2. The van der Waals surface area contributed by atoms with Crippen LogP contribution in [-0.4, -0.2) is 67.9 Å². The average Bonchev–Trinajstić information content (AvgIpc) is 3.64. The topological polar surface area (TPSA) is 117 Å². The number of urea groups is 1. The van der Waals surface area contributed by atoms with Gasteiger partial charge in [-0.2, -0.15) is 0 Å². The van der Waals surface area contributed by atoms with Crippen molar-refractivity contribution in [3.63, 3.8) is 0 Å². The van der Waals surface area contributed by atoms with Crippen LogP contribution in [0.2, 0.25) is 0 Å². The summed E-state index contributed by atoms with van der Waals surface area (Å²) < 4.78 is 24.7. The second kappa shape index (κ2) is 13.4. The van der Waals surface area contributed by atoms with E-state index in [1.165, 1.54) is 16.0 Å². The Balaban J connectivity index is 0.000000175. The highest BCUT2D eigenvalue weighted by atomic mass is 32.2. The zero-order chi connectivity index (χ0) is 29.6. The number of hydrogen-bond donors (Lipinski definition) is 2. The van der Waals surface area contributed by atoms with Crippen molar-refractivity contribution in [2.75, 3.05) is 13.6 Å². The molecular formula is C30H42N4O5S. The number of amides is 2. The third kappa shape index (κ3) is 8.14. The van der Waals surface area contributed by atoms with Crippen molar-refractivity contribution in [1.29, 1.82) is 0 Å². The SMILES string of the molecule is CC(C)C(=O)[C@@H]1CN(C)C(=O)N1.CC(C)NS(=O)(=O)C1CC1.CC(C)ON=C1c2ccccc2-c2ccccc21. The van der Waals surface area contributed by atoms with Crippen molar-refractivity contribution in [1.82, 2.24) is 14.9 Å². The third-order valence-electron chi connectivity index (χ3n) is 6.39. The minimum Gasteiger partial charge on any atom is -0.393 e. The molecule has 0 spiro atoms. The molecule has 5 rings (SSSR count). The van der Waals surface area contributed by atoms with Crippen LogP contribution in [0.3, 0.4) is 0 Å². The van der Waals surface area contributed by atoms with Crippen LogP contribution < -0.4 is 10.0 Å². The first-order chi connectivity index (χ1) is 18.8. The lowest BCUT2D eigenvalue weighted by molar-refractivity contribution is -0.123. The van der Waals surface area contributed by atoms with Crippen LogP contribution in [-0.2, 0) is 19.7 Å². The van der Waals surface area contributed by atoms with Crippen molar-refractivity contribution >= 4 is 27.5 Å². The zero-order valence-corrected chi connectivity index (χ0v) is 25.3. The molecule has 2 aromatic carbocycles. The maximum atomic E-state index is 11.4. The molecule has 1 aliphatic heterocycles. The second-order valence-electron chi connectivity index (χ2n) is 11.1. The molecule has 0 unspecified atom stereocenters. The molecule has 1 saturated carbocycles. The number of rotatable bonds is 7. The Kier molecular flexibility index (Phi) is 10.5. The predicted octanol–water partition coefficient (Wildman–Crippen LogP) is 4.56. The number of Topliss-reactive ketones (excluding diaryl/α,β-unsaturated/α-hetero) is 1. The van der Waals surface area contributed by atoms with Crippen molar-refractivity contribution in [2.24, 2.45) is 11.1 Å². The van der Waals surface area contributed by atoms with Gasteiger partial charge in [-0.1, -0.05) is 67.5 Å². The highest BCUT2D eigenvalue weighted by Crippen LogP contribution is 2.36. The molecule has 218 valence electrons. The van der Waals surface area contributed by atoms with Crippen molar-refractivity contribution in [2.45, 2.75) is 77.8 Å². The Bertz CT molecular complexity index is 1290. The summed E-state index contributed by atoms with van der Waals surface area (Å²) in [6, 6.07) is 16.2. The van der Waals surface area contributed by atoms with Crippen molar-refractivity contribution in [3.8, 4) is 11.1 Å². The summed E-state index contributed by atoms with van der Waals surface area (Å²) >= 11 is 0. The van der Waals surface area contributed by atoms with Gasteiger partial charge in [-0.05, 0) is 51.7 Å². The first-order valence-electron chi connectivity index (χ1n) is 13.8. The molecule has 2 aromatic rings. The summed E-state index contributed by atoms with van der Waals surface area (Å²) in [7, 11) is -1.25. The monoisotopic (exact) mass is 570 g/mol. The third-order valence-corrected chi connectivity index (χ3v) is 8.53. The van der Waals surface area contributed by atoms with Crippen molar-refractivity contribution < 1.29 is 22.8 Å². The predicted molar refractivity (Wildman–Crippen MR) is 159 cm³/mol. The van der Waals surface area contributed by atoms with E-state index in [1.54, 1.807) is 7.05 Å². The van der Waals surface area contributed by atoms with Gasteiger partial charge in [0.1, 0.15) is 17.9 Å². The molecule has 1 heterocycles. The Morgan fingerprint density at radius 1 is 0.950 bits per heavy atom. The number of benzene rings is 2. The van der Waals surface area contributed by atoms with Gasteiger partial charge in [0.05, 0.1) is 5.25 Å². The fraction of sp³-hybridized carbons (Fsp3) is 0.500. The molecule has 10 heteroatoms. The number of oxime groups is 1. The van der Waals surface area contributed by atoms with Crippen LogP contribution in [0.15, 0.2) is 53.7 Å². The fourth-order valence-corrected chi connectivity index (χ4v) is 5.88. The number of nitrogens with zero attached hydrogens (tertiary/aromatic N) is 2. The summed E-state index contributed by atoms with van der Waals surface area (Å²) in [6.45, 7) is 11.8. The van der Waals surface area contributed by atoms with Crippen molar-refractivity contribution in [3.05, 3.63) is 59.7 Å². The van der Waals surface area contributed by atoms with Gasteiger partial charge in [0, 0.05) is 36.7 Å². The largest absolute Gasteiger partial charge is 0.393 e. The number of carbonyl (C=O) groups excluding carboxylic acids is 2. The lowest BCUT2D eigenvalue weighted by Crippen LogP contribution is -2.36. The summed E-state index contributed by atoms with van der Waals surface area (Å²) in [5, 5.41) is 6.86. The van der Waals surface area contributed by atoms with Gasteiger partial charge >= 0.3 is 6.03 Å². The van der Waals surface area contributed by atoms with E-state index in [4.69, 9.17) is 4.84 Å².